The molecule has 0 amide bonds. The van der Waals surface area contributed by atoms with E-state index in [-0.39, 0.29) is 11.4 Å². The number of carbonyl (C=O) groups is 1. The predicted molar refractivity (Wildman–Crippen MR) is 68.3 cm³/mol. The number of rotatable bonds is 5. The third-order valence-corrected chi connectivity index (χ3v) is 3.28. The van der Waals surface area contributed by atoms with Gasteiger partial charge in [-0.25, -0.2) is 0 Å². The maximum Gasteiger partial charge on any atom is 0.307 e. The third kappa shape index (κ3) is 4.68. The summed E-state index contributed by atoms with van der Waals surface area (Å²) in [5.74, 6) is -0.194. The van der Waals surface area contributed by atoms with Crippen molar-refractivity contribution in [3.05, 3.63) is 5.01 Å². The Labute approximate surface area is 106 Å². The van der Waals surface area contributed by atoms with Crippen molar-refractivity contribution in [2.24, 2.45) is 0 Å². The summed E-state index contributed by atoms with van der Waals surface area (Å²) < 4.78 is 4.83. The van der Waals surface area contributed by atoms with Crippen LogP contribution in [0.25, 0.3) is 0 Å². The minimum Gasteiger partial charge on any atom is -0.466 e. The van der Waals surface area contributed by atoms with E-state index in [4.69, 9.17) is 4.74 Å². The number of hydrogen-bond acceptors (Lipinski definition) is 6. The van der Waals surface area contributed by atoms with E-state index >= 15 is 0 Å². The van der Waals surface area contributed by atoms with Crippen molar-refractivity contribution in [1.29, 1.82) is 0 Å². The van der Waals surface area contributed by atoms with Crippen molar-refractivity contribution in [2.75, 3.05) is 18.5 Å². The summed E-state index contributed by atoms with van der Waals surface area (Å²) in [6, 6.07) is 0. The fourth-order valence-electron chi connectivity index (χ4n) is 1.10. The minimum absolute atomic E-state index is 0.0126. The Hall–Kier alpha value is -1.17. The molecule has 0 bridgehead atoms. The summed E-state index contributed by atoms with van der Waals surface area (Å²) in [4.78, 5) is 11.1. The number of carbonyl (C=O) groups excluding carboxylic acids is 1. The summed E-state index contributed by atoms with van der Waals surface area (Å²) in [6.45, 7) is 9.02. The van der Waals surface area contributed by atoms with E-state index in [0.29, 0.717) is 19.6 Å². The first-order chi connectivity index (χ1) is 7.93. The normalized spacial score (nSPS) is 11.3. The highest BCUT2D eigenvalue weighted by molar-refractivity contribution is 7.15. The molecule has 96 valence electrons. The van der Waals surface area contributed by atoms with Crippen LogP contribution in [0.5, 0.6) is 0 Å². The van der Waals surface area contributed by atoms with Crippen LogP contribution in [0.3, 0.4) is 0 Å². The molecule has 0 saturated carbocycles. The molecule has 6 heteroatoms. The molecule has 0 unspecified atom stereocenters. The van der Waals surface area contributed by atoms with Crippen LogP contribution in [0.2, 0.25) is 0 Å². The topological polar surface area (TPSA) is 64.1 Å². The second-order valence-corrected chi connectivity index (χ2v) is 5.62. The average molecular weight is 257 g/mol. The van der Waals surface area contributed by atoms with Gasteiger partial charge >= 0.3 is 5.97 Å². The molecule has 17 heavy (non-hydrogen) atoms. The zero-order valence-corrected chi connectivity index (χ0v) is 11.6. The molecule has 1 heterocycles. The van der Waals surface area contributed by atoms with Crippen LogP contribution in [-0.2, 0) is 14.9 Å². The molecule has 0 aromatic carbocycles. The Kier molecular flexibility index (Phi) is 4.86. The Morgan fingerprint density at radius 2 is 2.12 bits per heavy atom. The zero-order valence-electron chi connectivity index (χ0n) is 10.7. The molecule has 1 N–H and O–H groups in total. The third-order valence-electron chi connectivity index (χ3n) is 1.98. The van der Waals surface area contributed by atoms with E-state index in [1.54, 1.807) is 6.92 Å². The van der Waals surface area contributed by atoms with Gasteiger partial charge in [-0.2, -0.15) is 0 Å². The molecule has 0 saturated heterocycles. The van der Waals surface area contributed by atoms with Gasteiger partial charge < -0.3 is 10.1 Å². The van der Waals surface area contributed by atoms with Crippen molar-refractivity contribution in [3.8, 4) is 0 Å². The van der Waals surface area contributed by atoms with Crippen LogP contribution in [0.4, 0.5) is 5.13 Å². The first-order valence-electron chi connectivity index (χ1n) is 5.67. The number of nitrogens with zero attached hydrogens (tertiary/aromatic N) is 2. The lowest BCUT2D eigenvalue weighted by Gasteiger charge is -2.12. The van der Waals surface area contributed by atoms with Gasteiger partial charge in [0.15, 0.2) is 0 Å². The van der Waals surface area contributed by atoms with Gasteiger partial charge in [-0.05, 0) is 6.92 Å². The highest BCUT2D eigenvalue weighted by Crippen LogP contribution is 2.27. The fourth-order valence-corrected chi connectivity index (χ4v) is 1.93. The summed E-state index contributed by atoms with van der Waals surface area (Å²) in [6.07, 6.45) is 0.346. The maximum absolute atomic E-state index is 11.1. The van der Waals surface area contributed by atoms with E-state index in [9.17, 15) is 4.79 Å². The van der Waals surface area contributed by atoms with Gasteiger partial charge in [0.1, 0.15) is 5.01 Å². The van der Waals surface area contributed by atoms with Gasteiger partial charge in [0, 0.05) is 12.0 Å². The molecule has 0 spiro atoms. The standard InChI is InChI=1S/C11H19N3O2S/c1-5-16-8(15)6-7-12-10-14-13-9(17-10)11(2,3)4/h5-7H2,1-4H3,(H,12,14). The molecule has 0 fully saturated rings. The number of hydrogen-bond donors (Lipinski definition) is 1. The van der Waals surface area contributed by atoms with Crippen LogP contribution in [-0.4, -0.2) is 29.3 Å². The second-order valence-electron chi connectivity index (χ2n) is 4.64. The lowest BCUT2D eigenvalue weighted by atomic mass is 9.98. The Morgan fingerprint density at radius 3 is 2.65 bits per heavy atom. The summed E-state index contributed by atoms with van der Waals surface area (Å²) in [7, 11) is 0. The maximum atomic E-state index is 11.1. The first-order valence-corrected chi connectivity index (χ1v) is 6.48. The van der Waals surface area contributed by atoms with Gasteiger partial charge in [-0.1, -0.05) is 32.1 Å². The largest absolute Gasteiger partial charge is 0.466 e. The molecule has 1 aromatic rings. The van der Waals surface area contributed by atoms with Gasteiger partial charge in [-0.3, -0.25) is 4.79 Å². The summed E-state index contributed by atoms with van der Waals surface area (Å²) >= 11 is 1.52. The molecule has 0 radical (unpaired) electrons. The Bertz CT molecular complexity index is 371. The monoisotopic (exact) mass is 257 g/mol. The summed E-state index contributed by atoms with van der Waals surface area (Å²) in [5, 5.41) is 12.9. The van der Waals surface area contributed by atoms with Gasteiger partial charge in [0.2, 0.25) is 5.13 Å². The number of esters is 1. The van der Waals surface area contributed by atoms with Crippen molar-refractivity contribution in [1.82, 2.24) is 10.2 Å². The molecular formula is C11H19N3O2S. The SMILES string of the molecule is CCOC(=O)CCNc1nnc(C(C)(C)C)s1. The number of aromatic nitrogens is 2. The van der Waals surface area contributed by atoms with Crippen molar-refractivity contribution < 1.29 is 9.53 Å². The fraction of sp³-hybridized carbons (Fsp3) is 0.727. The van der Waals surface area contributed by atoms with Gasteiger partial charge in [0.25, 0.3) is 0 Å². The highest BCUT2D eigenvalue weighted by Gasteiger charge is 2.19. The minimum atomic E-state index is -0.194. The molecule has 1 aromatic heterocycles. The van der Waals surface area contributed by atoms with E-state index in [1.165, 1.54) is 11.3 Å². The number of nitrogens with one attached hydrogen (secondary N) is 1. The zero-order chi connectivity index (χ0) is 12.9. The lowest BCUT2D eigenvalue weighted by Crippen LogP contribution is -2.11. The van der Waals surface area contributed by atoms with Crippen LogP contribution in [0.15, 0.2) is 0 Å². The summed E-state index contributed by atoms with van der Waals surface area (Å²) in [5.41, 5.74) is 0.0126. The Morgan fingerprint density at radius 1 is 1.41 bits per heavy atom. The van der Waals surface area contributed by atoms with E-state index in [2.05, 4.69) is 36.3 Å². The molecular weight excluding hydrogens is 238 g/mol. The van der Waals surface area contributed by atoms with Gasteiger partial charge in [0.05, 0.1) is 13.0 Å². The van der Waals surface area contributed by atoms with Crippen LogP contribution in [0.1, 0.15) is 39.1 Å². The molecule has 5 nitrogen and oxygen atoms in total. The number of ether oxygens (including phenoxy) is 1. The van der Waals surface area contributed by atoms with E-state index < -0.39 is 0 Å². The lowest BCUT2D eigenvalue weighted by molar-refractivity contribution is -0.142. The smallest absolute Gasteiger partial charge is 0.307 e. The molecule has 1 rings (SSSR count). The van der Waals surface area contributed by atoms with E-state index in [0.717, 1.165) is 10.1 Å². The molecule has 0 aliphatic carbocycles. The quantitative estimate of drug-likeness (QED) is 0.819. The molecule has 0 aliphatic heterocycles. The molecule has 0 atom stereocenters. The molecule has 0 aliphatic rings. The second kappa shape index (κ2) is 5.95. The van der Waals surface area contributed by atoms with Gasteiger partial charge in [-0.15, -0.1) is 10.2 Å². The van der Waals surface area contributed by atoms with Crippen LogP contribution < -0.4 is 5.32 Å². The first kappa shape index (κ1) is 13.9. The van der Waals surface area contributed by atoms with Crippen molar-refractivity contribution >= 4 is 22.4 Å². The van der Waals surface area contributed by atoms with Crippen LogP contribution in [0, 0.1) is 0 Å². The average Bonchev–Trinajstić information content (AvgIpc) is 2.66. The van der Waals surface area contributed by atoms with Crippen LogP contribution >= 0.6 is 11.3 Å². The Balaban J connectivity index is 2.38. The van der Waals surface area contributed by atoms with Crippen molar-refractivity contribution in [2.45, 2.75) is 39.5 Å². The van der Waals surface area contributed by atoms with E-state index in [1.807, 2.05) is 0 Å². The predicted octanol–water partition coefficient (Wildman–Crippen LogP) is 2.20. The van der Waals surface area contributed by atoms with Crippen molar-refractivity contribution in [3.63, 3.8) is 0 Å². The highest BCUT2D eigenvalue weighted by atomic mass is 32.1. The number of anilines is 1.